The zero-order valence-corrected chi connectivity index (χ0v) is 10.5. The van der Waals surface area contributed by atoms with E-state index in [1.54, 1.807) is 31.6 Å². The Bertz CT molecular complexity index is 797. The fourth-order valence-corrected chi connectivity index (χ4v) is 2.00. The summed E-state index contributed by atoms with van der Waals surface area (Å²) in [5.41, 5.74) is 2.09. The van der Waals surface area contributed by atoms with Gasteiger partial charge in [0.2, 0.25) is 0 Å². The number of nitrogens with one attached hydrogen (secondary N) is 1. The Kier molecular flexibility index (Phi) is 2.79. The van der Waals surface area contributed by atoms with E-state index in [1.165, 1.54) is 12.1 Å². The molecule has 2 heterocycles. The predicted octanol–water partition coefficient (Wildman–Crippen LogP) is 2.54. The summed E-state index contributed by atoms with van der Waals surface area (Å²) in [6.07, 6.45) is 3.22. The van der Waals surface area contributed by atoms with Gasteiger partial charge in [0.1, 0.15) is 11.4 Å². The van der Waals surface area contributed by atoms with Crippen molar-refractivity contribution in [3.8, 4) is 17.0 Å². The van der Waals surface area contributed by atoms with Crippen LogP contribution in [0, 0.1) is 10.1 Å². The van der Waals surface area contributed by atoms with Crippen LogP contribution in [0.25, 0.3) is 22.2 Å². The monoisotopic (exact) mass is 270 g/mol. The van der Waals surface area contributed by atoms with Gasteiger partial charge >= 0.3 is 0 Å². The van der Waals surface area contributed by atoms with E-state index in [0.29, 0.717) is 16.8 Å². The minimum Gasteiger partial charge on any atom is -0.495 e. The van der Waals surface area contributed by atoms with E-state index in [0.717, 1.165) is 11.1 Å². The number of nitro benzene ring substituents is 1. The van der Waals surface area contributed by atoms with Crippen molar-refractivity contribution in [3.63, 3.8) is 0 Å². The molecule has 0 fully saturated rings. The molecule has 3 aromatic rings. The lowest BCUT2D eigenvalue weighted by Crippen LogP contribution is -1.88. The summed E-state index contributed by atoms with van der Waals surface area (Å²) in [7, 11) is 1.55. The number of benzene rings is 1. The number of nitro groups is 1. The van der Waals surface area contributed by atoms with Gasteiger partial charge < -0.3 is 4.74 Å². The van der Waals surface area contributed by atoms with Gasteiger partial charge in [0, 0.05) is 29.3 Å². The van der Waals surface area contributed by atoms with E-state index in [4.69, 9.17) is 4.74 Å². The number of fused-ring (bicyclic) bond motifs is 1. The molecular formula is C13H10N4O3. The lowest BCUT2D eigenvalue weighted by molar-refractivity contribution is -0.384. The minimum absolute atomic E-state index is 0.0241. The molecule has 0 aliphatic heterocycles. The second-order valence-electron chi connectivity index (χ2n) is 4.17. The molecule has 0 radical (unpaired) electrons. The highest BCUT2D eigenvalue weighted by Crippen LogP contribution is 2.30. The maximum atomic E-state index is 10.9. The first-order valence-electron chi connectivity index (χ1n) is 5.81. The predicted molar refractivity (Wildman–Crippen MR) is 72.5 cm³/mol. The van der Waals surface area contributed by atoms with Crippen LogP contribution in [0.15, 0.2) is 36.7 Å². The van der Waals surface area contributed by atoms with Crippen LogP contribution >= 0.6 is 0 Å². The molecule has 0 spiro atoms. The molecule has 7 nitrogen and oxygen atoms in total. The Hall–Kier alpha value is -2.96. The molecule has 0 bridgehead atoms. The molecule has 0 unspecified atom stereocenters. The van der Waals surface area contributed by atoms with E-state index >= 15 is 0 Å². The van der Waals surface area contributed by atoms with Crippen LogP contribution in [-0.4, -0.2) is 27.2 Å². The molecule has 3 rings (SSSR count). The van der Waals surface area contributed by atoms with Gasteiger partial charge in [-0.2, -0.15) is 5.10 Å². The van der Waals surface area contributed by atoms with E-state index in [2.05, 4.69) is 15.2 Å². The quantitative estimate of drug-likeness (QED) is 0.583. The Morgan fingerprint density at radius 2 is 2.15 bits per heavy atom. The molecular weight excluding hydrogens is 260 g/mol. The summed E-state index contributed by atoms with van der Waals surface area (Å²) in [6.45, 7) is 0. The summed E-state index contributed by atoms with van der Waals surface area (Å²) >= 11 is 0. The molecule has 100 valence electrons. The zero-order valence-electron chi connectivity index (χ0n) is 10.5. The highest BCUT2D eigenvalue weighted by atomic mass is 16.6. The third-order valence-electron chi connectivity index (χ3n) is 2.98. The number of rotatable bonds is 3. The number of aromatic nitrogens is 3. The number of aromatic amines is 1. The second-order valence-corrected chi connectivity index (χ2v) is 4.17. The highest BCUT2D eigenvalue weighted by Gasteiger charge is 2.13. The van der Waals surface area contributed by atoms with Crippen molar-refractivity contribution in [1.82, 2.24) is 15.2 Å². The SMILES string of the molecule is COc1cncc(-c2n[nH]c3ccc([N+](=O)[O-])cc23)c1. The van der Waals surface area contributed by atoms with Gasteiger partial charge in [0.05, 0.1) is 23.7 Å². The molecule has 0 amide bonds. The number of nitrogens with zero attached hydrogens (tertiary/aromatic N) is 3. The molecule has 1 N–H and O–H groups in total. The van der Waals surface area contributed by atoms with Crippen molar-refractivity contribution in [2.45, 2.75) is 0 Å². The largest absolute Gasteiger partial charge is 0.495 e. The van der Waals surface area contributed by atoms with Gasteiger partial charge in [0.15, 0.2) is 0 Å². The summed E-state index contributed by atoms with van der Waals surface area (Å²) in [6, 6.07) is 6.35. The average molecular weight is 270 g/mol. The maximum Gasteiger partial charge on any atom is 0.270 e. The molecule has 0 aliphatic carbocycles. The first kappa shape index (κ1) is 12.1. The molecule has 0 saturated heterocycles. The average Bonchev–Trinajstić information content (AvgIpc) is 2.90. The van der Waals surface area contributed by atoms with Gasteiger partial charge in [-0.3, -0.25) is 20.2 Å². The Morgan fingerprint density at radius 1 is 1.30 bits per heavy atom. The standard InChI is InChI=1S/C13H10N4O3/c1-20-10-4-8(6-14-7-10)13-11-5-9(17(18)19)2-3-12(11)15-16-13/h2-7H,1H3,(H,15,16). The van der Waals surface area contributed by atoms with E-state index in [-0.39, 0.29) is 5.69 Å². The van der Waals surface area contributed by atoms with Gasteiger partial charge in [-0.05, 0) is 12.1 Å². The van der Waals surface area contributed by atoms with Crippen LogP contribution < -0.4 is 4.74 Å². The van der Waals surface area contributed by atoms with Gasteiger partial charge in [0.25, 0.3) is 5.69 Å². The lowest BCUT2D eigenvalue weighted by atomic mass is 10.1. The summed E-state index contributed by atoms with van der Waals surface area (Å²) in [5, 5.41) is 18.6. The number of hydrogen-bond donors (Lipinski definition) is 1. The first-order valence-corrected chi connectivity index (χ1v) is 5.81. The highest BCUT2D eigenvalue weighted by molar-refractivity contribution is 5.94. The fourth-order valence-electron chi connectivity index (χ4n) is 2.00. The number of non-ortho nitro benzene ring substituents is 1. The van der Waals surface area contributed by atoms with E-state index < -0.39 is 4.92 Å². The number of H-pyrrole nitrogens is 1. The Morgan fingerprint density at radius 3 is 2.90 bits per heavy atom. The van der Waals surface area contributed by atoms with E-state index in [1.807, 2.05) is 0 Å². The molecule has 0 atom stereocenters. The van der Waals surface area contributed by atoms with Crippen molar-refractivity contribution in [1.29, 1.82) is 0 Å². The molecule has 0 aliphatic rings. The van der Waals surface area contributed by atoms with Crippen molar-refractivity contribution in [2.75, 3.05) is 7.11 Å². The number of ether oxygens (including phenoxy) is 1. The minimum atomic E-state index is -0.431. The van der Waals surface area contributed by atoms with Crippen molar-refractivity contribution in [2.24, 2.45) is 0 Å². The van der Waals surface area contributed by atoms with Gasteiger partial charge in [-0.1, -0.05) is 0 Å². The van der Waals surface area contributed by atoms with Crippen LogP contribution in [0.5, 0.6) is 5.75 Å². The lowest BCUT2D eigenvalue weighted by Gasteiger charge is -2.01. The number of hydrogen-bond acceptors (Lipinski definition) is 5. The molecule has 1 aromatic carbocycles. The van der Waals surface area contributed by atoms with Gasteiger partial charge in [-0.15, -0.1) is 0 Å². The normalized spacial score (nSPS) is 10.7. The topological polar surface area (TPSA) is 93.9 Å². The second kappa shape index (κ2) is 4.61. The van der Waals surface area contributed by atoms with Crippen LogP contribution in [0.3, 0.4) is 0 Å². The van der Waals surface area contributed by atoms with Crippen LogP contribution in [0.2, 0.25) is 0 Å². The Balaban J connectivity index is 2.20. The van der Waals surface area contributed by atoms with Crippen LogP contribution in [-0.2, 0) is 0 Å². The number of methoxy groups -OCH3 is 1. The van der Waals surface area contributed by atoms with Crippen molar-refractivity contribution < 1.29 is 9.66 Å². The number of pyridine rings is 1. The summed E-state index contributed by atoms with van der Waals surface area (Å²) in [5.74, 6) is 0.601. The van der Waals surface area contributed by atoms with Crippen LogP contribution in [0.4, 0.5) is 5.69 Å². The zero-order chi connectivity index (χ0) is 14.1. The molecule has 20 heavy (non-hydrogen) atoms. The maximum absolute atomic E-state index is 10.9. The molecule has 2 aromatic heterocycles. The van der Waals surface area contributed by atoms with Crippen molar-refractivity contribution >= 4 is 16.6 Å². The third-order valence-corrected chi connectivity index (χ3v) is 2.98. The molecule has 0 saturated carbocycles. The van der Waals surface area contributed by atoms with Crippen LogP contribution in [0.1, 0.15) is 0 Å². The Labute approximate surface area is 113 Å². The van der Waals surface area contributed by atoms with Gasteiger partial charge in [-0.25, -0.2) is 0 Å². The van der Waals surface area contributed by atoms with Crippen molar-refractivity contribution in [3.05, 3.63) is 46.8 Å². The third kappa shape index (κ3) is 1.95. The summed E-state index contributed by atoms with van der Waals surface area (Å²) < 4.78 is 5.12. The first-order chi connectivity index (χ1) is 9.69. The van der Waals surface area contributed by atoms with E-state index in [9.17, 15) is 10.1 Å². The summed E-state index contributed by atoms with van der Waals surface area (Å²) in [4.78, 5) is 14.5. The fraction of sp³-hybridized carbons (Fsp3) is 0.0769. The smallest absolute Gasteiger partial charge is 0.270 e. The molecule has 7 heteroatoms.